The van der Waals surface area contributed by atoms with Crippen LogP contribution in [0.4, 0.5) is 0 Å². The third kappa shape index (κ3) is 1.28. The van der Waals surface area contributed by atoms with Crippen molar-refractivity contribution in [2.75, 3.05) is 0 Å². The fraction of sp³-hybridized carbons (Fsp3) is 0. The van der Waals surface area contributed by atoms with Crippen molar-refractivity contribution in [1.29, 1.82) is 0 Å². The first-order chi connectivity index (χ1) is 5.75. The lowest BCUT2D eigenvalue weighted by Crippen LogP contribution is -2.02. The van der Waals surface area contributed by atoms with Gasteiger partial charge in [-0.25, -0.2) is 4.98 Å². The largest absolute Gasteiger partial charge is 0.257 e. The Bertz CT molecular complexity index is 389. The maximum Gasteiger partial charge on any atom is 0.131 e. The molecule has 2 radical (unpaired) electrons. The van der Waals surface area contributed by atoms with Crippen LogP contribution in [-0.4, -0.2) is 17.8 Å². The minimum absolute atomic E-state index is 0.444. The topological polar surface area (TPSA) is 25.8 Å². The molecule has 2 rings (SSSR count). The van der Waals surface area contributed by atoms with Crippen LogP contribution in [0.2, 0.25) is 5.15 Å². The quantitative estimate of drug-likeness (QED) is 0.441. The molecular formula is C8H4BClN2. The maximum absolute atomic E-state index is 5.68. The molecule has 0 aromatic carbocycles. The van der Waals surface area contributed by atoms with Crippen LogP contribution in [0.25, 0.3) is 10.9 Å². The first kappa shape index (κ1) is 7.56. The Balaban J connectivity index is 2.79. The Morgan fingerprint density at radius 3 is 2.83 bits per heavy atom. The summed E-state index contributed by atoms with van der Waals surface area (Å²) in [6, 6.07) is 3.52. The Kier molecular flexibility index (Phi) is 1.73. The van der Waals surface area contributed by atoms with Gasteiger partial charge in [-0.3, -0.25) is 4.98 Å². The smallest absolute Gasteiger partial charge is 0.131 e. The Labute approximate surface area is 76.0 Å². The van der Waals surface area contributed by atoms with Crippen molar-refractivity contribution in [2.24, 2.45) is 0 Å². The number of nitrogens with zero attached hydrogens (tertiary/aromatic N) is 2. The van der Waals surface area contributed by atoms with Gasteiger partial charge < -0.3 is 0 Å². The van der Waals surface area contributed by atoms with Gasteiger partial charge >= 0.3 is 0 Å². The summed E-state index contributed by atoms with van der Waals surface area (Å²) in [5.41, 5.74) is 1.44. The van der Waals surface area contributed by atoms with E-state index in [1.807, 2.05) is 6.07 Å². The van der Waals surface area contributed by atoms with E-state index in [2.05, 4.69) is 9.97 Å². The highest BCUT2D eigenvalue weighted by Gasteiger charge is 1.96. The second-order valence-corrected chi connectivity index (χ2v) is 2.86. The highest BCUT2D eigenvalue weighted by Crippen LogP contribution is 2.12. The van der Waals surface area contributed by atoms with Gasteiger partial charge in [0.15, 0.2) is 0 Å². The van der Waals surface area contributed by atoms with Crippen molar-refractivity contribution < 1.29 is 0 Å². The van der Waals surface area contributed by atoms with E-state index >= 15 is 0 Å². The third-order valence-corrected chi connectivity index (χ3v) is 1.76. The van der Waals surface area contributed by atoms with Crippen molar-refractivity contribution in [2.45, 2.75) is 0 Å². The van der Waals surface area contributed by atoms with Gasteiger partial charge in [-0.15, -0.1) is 0 Å². The molecule has 2 heterocycles. The molecule has 2 nitrogen and oxygen atoms in total. The summed E-state index contributed by atoms with van der Waals surface area (Å²) in [7, 11) is 5.54. The summed E-state index contributed by atoms with van der Waals surface area (Å²) in [5, 5.41) is 1.35. The molecule has 0 amide bonds. The molecule has 0 N–H and O–H groups in total. The summed E-state index contributed by atoms with van der Waals surface area (Å²) in [5.74, 6) is 0. The molecule has 12 heavy (non-hydrogen) atoms. The van der Waals surface area contributed by atoms with E-state index in [-0.39, 0.29) is 0 Å². The van der Waals surface area contributed by atoms with Crippen molar-refractivity contribution >= 4 is 35.8 Å². The normalized spacial score (nSPS) is 10.4. The molecule has 0 atom stereocenters. The van der Waals surface area contributed by atoms with E-state index in [0.29, 0.717) is 10.6 Å². The standard InChI is InChI=1S/C8H4BClN2/c9-6-1-5-3-12-8(10)2-7(5)11-4-6/h1-4H. The minimum atomic E-state index is 0.444. The van der Waals surface area contributed by atoms with E-state index in [4.69, 9.17) is 19.4 Å². The van der Waals surface area contributed by atoms with Crippen LogP contribution in [0.1, 0.15) is 0 Å². The highest BCUT2D eigenvalue weighted by atomic mass is 35.5. The number of hydrogen-bond acceptors (Lipinski definition) is 2. The second kappa shape index (κ2) is 2.75. The number of halogens is 1. The average molecular weight is 174 g/mol. The lowest BCUT2D eigenvalue weighted by Gasteiger charge is -1.97. The van der Waals surface area contributed by atoms with Gasteiger partial charge in [0.2, 0.25) is 0 Å². The van der Waals surface area contributed by atoms with Crippen LogP contribution in [0.3, 0.4) is 0 Å². The first-order valence-electron chi connectivity index (χ1n) is 3.42. The molecule has 0 saturated heterocycles. The van der Waals surface area contributed by atoms with Crippen LogP contribution < -0.4 is 5.46 Å². The predicted octanol–water partition coefficient (Wildman–Crippen LogP) is 1.08. The van der Waals surface area contributed by atoms with Crippen LogP contribution in [0, 0.1) is 0 Å². The summed E-state index contributed by atoms with van der Waals surface area (Å²) in [4.78, 5) is 8.01. The zero-order chi connectivity index (χ0) is 8.55. The van der Waals surface area contributed by atoms with Crippen molar-refractivity contribution in [3.8, 4) is 0 Å². The number of aromatic nitrogens is 2. The zero-order valence-electron chi connectivity index (χ0n) is 6.16. The van der Waals surface area contributed by atoms with E-state index in [9.17, 15) is 0 Å². The molecule has 0 unspecified atom stereocenters. The Morgan fingerprint density at radius 1 is 1.17 bits per heavy atom. The van der Waals surface area contributed by atoms with Crippen LogP contribution >= 0.6 is 11.6 Å². The lowest BCUT2D eigenvalue weighted by atomic mass is 9.98. The van der Waals surface area contributed by atoms with Gasteiger partial charge in [0.05, 0.1) is 5.52 Å². The second-order valence-electron chi connectivity index (χ2n) is 2.47. The van der Waals surface area contributed by atoms with Crippen molar-refractivity contribution in [1.82, 2.24) is 9.97 Å². The number of pyridine rings is 2. The monoisotopic (exact) mass is 174 g/mol. The van der Waals surface area contributed by atoms with Crippen molar-refractivity contribution in [3.05, 3.63) is 29.7 Å². The molecule has 4 heteroatoms. The molecule has 0 spiro atoms. The summed E-state index contributed by atoms with van der Waals surface area (Å²) < 4.78 is 0. The molecule has 2 aromatic heterocycles. The van der Waals surface area contributed by atoms with Gasteiger partial charge in [0, 0.05) is 23.8 Å². The molecule has 0 aliphatic heterocycles. The maximum atomic E-state index is 5.68. The summed E-state index contributed by atoms with van der Waals surface area (Å²) in [6.07, 6.45) is 3.25. The van der Waals surface area contributed by atoms with E-state index < -0.39 is 0 Å². The molecule has 0 saturated carbocycles. The van der Waals surface area contributed by atoms with E-state index in [1.165, 1.54) is 0 Å². The third-order valence-electron chi connectivity index (χ3n) is 1.55. The summed E-state index contributed by atoms with van der Waals surface area (Å²) >= 11 is 5.68. The Hall–Kier alpha value is -1.09. The fourth-order valence-corrected chi connectivity index (χ4v) is 1.17. The van der Waals surface area contributed by atoms with Crippen LogP contribution in [0.5, 0.6) is 0 Å². The molecular weight excluding hydrogens is 170 g/mol. The average Bonchev–Trinajstić information content (AvgIpc) is 2.05. The molecule has 0 aliphatic carbocycles. The van der Waals surface area contributed by atoms with E-state index in [1.54, 1.807) is 18.5 Å². The van der Waals surface area contributed by atoms with Gasteiger partial charge in [-0.05, 0) is 0 Å². The predicted molar refractivity (Wildman–Crippen MR) is 49.9 cm³/mol. The zero-order valence-corrected chi connectivity index (χ0v) is 6.92. The van der Waals surface area contributed by atoms with Gasteiger partial charge in [0.25, 0.3) is 0 Å². The molecule has 0 fully saturated rings. The molecule has 2 aromatic rings. The molecule has 56 valence electrons. The van der Waals surface area contributed by atoms with Gasteiger partial charge in [-0.1, -0.05) is 23.1 Å². The van der Waals surface area contributed by atoms with Gasteiger partial charge in [-0.2, -0.15) is 0 Å². The molecule has 0 bridgehead atoms. The minimum Gasteiger partial charge on any atom is -0.257 e. The molecule has 0 aliphatic rings. The lowest BCUT2D eigenvalue weighted by molar-refractivity contribution is 1.33. The SMILES string of the molecule is [B]c1cnc2cc(Cl)ncc2c1. The summed E-state index contributed by atoms with van der Waals surface area (Å²) in [6.45, 7) is 0. The van der Waals surface area contributed by atoms with Crippen LogP contribution in [-0.2, 0) is 0 Å². The number of rotatable bonds is 0. The van der Waals surface area contributed by atoms with E-state index in [0.717, 1.165) is 10.9 Å². The number of hydrogen-bond donors (Lipinski definition) is 0. The Morgan fingerprint density at radius 2 is 2.00 bits per heavy atom. The van der Waals surface area contributed by atoms with Crippen LogP contribution in [0.15, 0.2) is 24.5 Å². The first-order valence-corrected chi connectivity index (χ1v) is 3.80. The van der Waals surface area contributed by atoms with Gasteiger partial charge in [0.1, 0.15) is 13.0 Å². The highest BCUT2D eigenvalue weighted by molar-refractivity contribution is 6.33. The number of fused-ring (bicyclic) bond motifs is 1. The fourth-order valence-electron chi connectivity index (χ4n) is 1.01. The van der Waals surface area contributed by atoms with Crippen molar-refractivity contribution in [3.63, 3.8) is 0 Å².